The smallest absolute Gasteiger partial charge is 0.305 e. The molecule has 0 aliphatic carbocycles. The predicted octanol–water partition coefficient (Wildman–Crippen LogP) is -0.0740. The maximum atomic E-state index is 13.2. The molecule has 242 valence electrons. The number of carboxylic acid groups (broad SMARTS) is 3. The van der Waals surface area contributed by atoms with Gasteiger partial charge in [0.2, 0.25) is 23.6 Å². The quantitative estimate of drug-likeness (QED) is 0.108. The van der Waals surface area contributed by atoms with Crippen LogP contribution >= 0.6 is 0 Å². The zero-order chi connectivity index (χ0) is 33.6. The number of carbonyl (C=O) groups excluding carboxylic acids is 5. The summed E-state index contributed by atoms with van der Waals surface area (Å²) >= 11 is 0. The Bertz CT molecular complexity index is 1230. The van der Waals surface area contributed by atoms with Gasteiger partial charge in [0, 0.05) is 19.8 Å². The number of aliphatic carboxylic acids is 3. The fourth-order valence-electron chi connectivity index (χ4n) is 4.22. The van der Waals surface area contributed by atoms with E-state index in [2.05, 4.69) is 21.3 Å². The molecule has 4 amide bonds. The molecule has 1 aromatic carbocycles. The summed E-state index contributed by atoms with van der Waals surface area (Å²) in [6, 6.07) is 1.53. The summed E-state index contributed by atoms with van der Waals surface area (Å²) in [5.41, 5.74) is 1.83. The Kier molecular flexibility index (Phi) is 15.2. The van der Waals surface area contributed by atoms with Gasteiger partial charge < -0.3 is 36.6 Å². The molecular formula is C29H40N4O11. The molecular weight excluding hydrogens is 580 g/mol. The van der Waals surface area contributed by atoms with Crippen molar-refractivity contribution in [2.75, 3.05) is 0 Å². The minimum absolute atomic E-state index is 0.0600. The predicted molar refractivity (Wildman–Crippen MR) is 154 cm³/mol. The van der Waals surface area contributed by atoms with Crippen molar-refractivity contribution in [2.24, 2.45) is 5.92 Å². The van der Waals surface area contributed by atoms with Gasteiger partial charge in [0.15, 0.2) is 5.78 Å². The molecule has 0 aromatic heterocycles. The van der Waals surface area contributed by atoms with Crippen LogP contribution in [0.4, 0.5) is 0 Å². The lowest BCUT2D eigenvalue weighted by Gasteiger charge is -2.27. The number of hydrogen-bond donors (Lipinski definition) is 7. The number of amides is 4. The Hall–Kier alpha value is -4.82. The van der Waals surface area contributed by atoms with Gasteiger partial charge in [-0.1, -0.05) is 43.7 Å². The largest absolute Gasteiger partial charge is 0.481 e. The highest BCUT2D eigenvalue weighted by molar-refractivity contribution is 5.97. The minimum atomic E-state index is -1.57. The lowest BCUT2D eigenvalue weighted by Crippen LogP contribution is -2.59. The van der Waals surface area contributed by atoms with E-state index in [0.717, 1.165) is 18.1 Å². The van der Waals surface area contributed by atoms with E-state index in [1.807, 2.05) is 31.2 Å². The molecule has 4 atom stereocenters. The van der Waals surface area contributed by atoms with Crippen LogP contribution in [0.1, 0.15) is 64.0 Å². The molecule has 0 spiro atoms. The second kappa shape index (κ2) is 18.0. The van der Waals surface area contributed by atoms with Crippen LogP contribution in [0.2, 0.25) is 0 Å². The average molecular weight is 621 g/mol. The first-order chi connectivity index (χ1) is 20.5. The summed E-state index contributed by atoms with van der Waals surface area (Å²) in [4.78, 5) is 97.4. The maximum Gasteiger partial charge on any atom is 0.305 e. The van der Waals surface area contributed by atoms with Gasteiger partial charge in [0.25, 0.3) is 0 Å². The second-order valence-corrected chi connectivity index (χ2v) is 10.7. The third-order valence-electron chi connectivity index (χ3n) is 6.43. The normalized spacial score (nSPS) is 13.5. The fourth-order valence-corrected chi connectivity index (χ4v) is 4.22. The van der Waals surface area contributed by atoms with E-state index in [4.69, 9.17) is 10.2 Å². The number of nitrogens with one attached hydrogen (secondary N) is 4. The van der Waals surface area contributed by atoms with Gasteiger partial charge in [-0.2, -0.15) is 0 Å². The van der Waals surface area contributed by atoms with E-state index in [1.165, 1.54) is 0 Å². The summed E-state index contributed by atoms with van der Waals surface area (Å²) in [6.07, 6.45) is -2.31. The van der Waals surface area contributed by atoms with Crippen molar-refractivity contribution in [1.82, 2.24) is 21.3 Å². The average Bonchev–Trinajstić information content (AvgIpc) is 2.90. The van der Waals surface area contributed by atoms with Crippen LogP contribution < -0.4 is 21.3 Å². The van der Waals surface area contributed by atoms with Crippen molar-refractivity contribution in [3.8, 4) is 0 Å². The van der Waals surface area contributed by atoms with Gasteiger partial charge in [-0.25, -0.2) is 0 Å². The molecule has 0 radical (unpaired) electrons. The van der Waals surface area contributed by atoms with Gasteiger partial charge >= 0.3 is 17.9 Å². The third kappa shape index (κ3) is 13.9. The number of ketones is 1. The molecule has 0 unspecified atom stereocenters. The summed E-state index contributed by atoms with van der Waals surface area (Å²) < 4.78 is 0. The van der Waals surface area contributed by atoms with Gasteiger partial charge in [-0.05, 0) is 31.2 Å². The number of benzene rings is 1. The topological polar surface area (TPSA) is 245 Å². The summed E-state index contributed by atoms with van der Waals surface area (Å²) in [5, 5.41) is 36.7. The van der Waals surface area contributed by atoms with Crippen LogP contribution in [-0.4, -0.2) is 86.8 Å². The monoisotopic (exact) mass is 620 g/mol. The summed E-state index contributed by atoms with van der Waals surface area (Å²) in [6.45, 7) is 6.04. The van der Waals surface area contributed by atoms with Crippen molar-refractivity contribution in [1.29, 1.82) is 0 Å². The van der Waals surface area contributed by atoms with Gasteiger partial charge in [0.1, 0.15) is 18.1 Å². The zero-order valence-corrected chi connectivity index (χ0v) is 25.0. The van der Waals surface area contributed by atoms with E-state index < -0.39 is 103 Å². The number of aryl methyl sites for hydroxylation is 2. The number of rotatable bonds is 19. The van der Waals surface area contributed by atoms with Crippen molar-refractivity contribution in [3.63, 3.8) is 0 Å². The highest BCUT2D eigenvalue weighted by Crippen LogP contribution is 2.11. The van der Waals surface area contributed by atoms with Crippen LogP contribution in [0.25, 0.3) is 0 Å². The second-order valence-electron chi connectivity index (χ2n) is 10.7. The zero-order valence-electron chi connectivity index (χ0n) is 25.0. The molecule has 0 fully saturated rings. The van der Waals surface area contributed by atoms with E-state index >= 15 is 0 Å². The van der Waals surface area contributed by atoms with Crippen LogP contribution in [0, 0.1) is 12.8 Å². The highest BCUT2D eigenvalue weighted by Gasteiger charge is 2.33. The Morgan fingerprint density at radius 2 is 1.27 bits per heavy atom. The first-order valence-electron chi connectivity index (χ1n) is 13.9. The Balaban J connectivity index is 3.10. The standard InChI is InChI=1S/C29H40N4O11/c1-15(2)26(29(44)32-20(13-24(38)39)22(35)10-8-18-7-5-6-16(3)12-18)33-27(42)19(9-11-23(36)37)31-28(43)21(14-25(40)41)30-17(4)34/h5-7,12,15,19-21,26H,8-11,13-14H2,1-4H3,(H,30,34)(H,31,43)(H,32,44)(H,33,42)(H,36,37)(H,38,39)(H,40,41)/t19-,20-,21-,26-/m0/s1. The van der Waals surface area contributed by atoms with Crippen LogP contribution in [0.5, 0.6) is 0 Å². The van der Waals surface area contributed by atoms with Crippen LogP contribution in [-0.2, 0) is 44.8 Å². The van der Waals surface area contributed by atoms with Crippen LogP contribution in [0.3, 0.4) is 0 Å². The lowest BCUT2D eigenvalue weighted by atomic mass is 9.98. The SMILES string of the molecule is CC(=O)N[C@@H](CC(=O)O)C(=O)N[C@@H](CCC(=O)O)C(=O)N[C@H](C(=O)N[C@@H](CC(=O)O)C(=O)CCc1cccc(C)c1)C(C)C. The molecule has 0 saturated carbocycles. The molecule has 0 heterocycles. The van der Waals surface area contributed by atoms with Gasteiger partial charge in [-0.3, -0.25) is 38.4 Å². The number of carboxylic acids is 3. The summed E-state index contributed by atoms with van der Waals surface area (Å²) in [5.74, 6) is -8.88. The van der Waals surface area contributed by atoms with E-state index in [-0.39, 0.29) is 6.42 Å². The Labute approximate surface area is 254 Å². The molecule has 44 heavy (non-hydrogen) atoms. The van der Waals surface area contributed by atoms with Crippen molar-refractivity contribution in [3.05, 3.63) is 35.4 Å². The lowest BCUT2D eigenvalue weighted by molar-refractivity contribution is -0.142. The Morgan fingerprint density at radius 1 is 0.705 bits per heavy atom. The van der Waals surface area contributed by atoms with Crippen molar-refractivity contribution < 1.29 is 53.7 Å². The molecule has 0 bridgehead atoms. The maximum absolute atomic E-state index is 13.2. The molecule has 0 aliphatic rings. The fraction of sp³-hybridized carbons (Fsp3) is 0.517. The van der Waals surface area contributed by atoms with Crippen molar-refractivity contribution in [2.45, 2.75) is 90.4 Å². The van der Waals surface area contributed by atoms with Crippen molar-refractivity contribution >= 4 is 47.3 Å². The molecule has 15 nitrogen and oxygen atoms in total. The van der Waals surface area contributed by atoms with E-state index in [9.17, 15) is 43.5 Å². The molecule has 15 heteroatoms. The Morgan fingerprint density at radius 3 is 1.80 bits per heavy atom. The molecule has 0 aliphatic heterocycles. The highest BCUT2D eigenvalue weighted by atomic mass is 16.4. The number of hydrogen-bond acceptors (Lipinski definition) is 8. The van der Waals surface area contributed by atoms with Gasteiger partial charge in [0.05, 0.1) is 18.9 Å². The van der Waals surface area contributed by atoms with E-state index in [0.29, 0.717) is 6.42 Å². The number of carbonyl (C=O) groups is 8. The molecule has 7 N–H and O–H groups in total. The minimum Gasteiger partial charge on any atom is -0.481 e. The summed E-state index contributed by atoms with van der Waals surface area (Å²) in [7, 11) is 0. The molecule has 0 saturated heterocycles. The number of Topliss-reactive ketones (excluding diaryl/α,β-unsaturated/α-hetero) is 1. The third-order valence-corrected chi connectivity index (χ3v) is 6.43. The molecule has 1 rings (SSSR count). The first kappa shape index (κ1) is 37.2. The first-order valence-corrected chi connectivity index (χ1v) is 13.9. The van der Waals surface area contributed by atoms with E-state index in [1.54, 1.807) is 13.8 Å². The van der Waals surface area contributed by atoms with Gasteiger partial charge in [-0.15, -0.1) is 0 Å². The van der Waals surface area contributed by atoms with Crippen LogP contribution in [0.15, 0.2) is 24.3 Å². The molecule has 1 aromatic rings.